The van der Waals surface area contributed by atoms with Crippen LogP contribution in [0.4, 0.5) is 17.1 Å². The van der Waals surface area contributed by atoms with Crippen molar-refractivity contribution in [3.05, 3.63) is 72.8 Å². The Bertz CT molecular complexity index is 834. The van der Waals surface area contributed by atoms with Crippen LogP contribution in [0.2, 0.25) is 5.02 Å². The van der Waals surface area contributed by atoms with Gasteiger partial charge in [0.25, 0.3) is 11.4 Å². The second-order valence-electron chi connectivity index (χ2n) is 5.19. The van der Waals surface area contributed by atoms with Gasteiger partial charge >= 0.3 is 0 Å². The lowest BCUT2D eigenvalue weighted by molar-refractivity contribution is -0.394. The molecule has 0 saturated carbocycles. The van der Waals surface area contributed by atoms with Gasteiger partial charge in [0.05, 0.1) is 21.5 Å². The van der Waals surface area contributed by atoms with E-state index in [0.29, 0.717) is 10.6 Å². The van der Waals surface area contributed by atoms with E-state index < -0.39 is 9.85 Å². The van der Waals surface area contributed by atoms with E-state index in [2.05, 4.69) is 0 Å². The maximum absolute atomic E-state index is 11.1. The van der Waals surface area contributed by atoms with Crippen molar-refractivity contribution < 1.29 is 9.85 Å². The van der Waals surface area contributed by atoms with Crippen molar-refractivity contribution in [3.63, 3.8) is 0 Å². The minimum atomic E-state index is -0.669. The summed E-state index contributed by atoms with van der Waals surface area (Å²) in [5, 5.41) is 22.4. The zero-order valence-electron chi connectivity index (χ0n) is 13.0. The molecule has 0 aromatic heterocycles. The zero-order chi connectivity index (χ0) is 17.9. The highest BCUT2D eigenvalue weighted by atomic mass is 35.5. The van der Waals surface area contributed by atoms with Gasteiger partial charge < -0.3 is 4.90 Å². The predicted molar refractivity (Wildman–Crippen MR) is 94.5 cm³/mol. The third-order valence-electron chi connectivity index (χ3n) is 3.36. The van der Waals surface area contributed by atoms with Crippen molar-refractivity contribution in [1.29, 1.82) is 0 Å². The third kappa shape index (κ3) is 3.88. The first-order valence-electron chi connectivity index (χ1n) is 6.87. The normalized spacial score (nSPS) is 10.8. The molecule has 0 aliphatic heterocycles. The topological polar surface area (TPSA) is 89.5 Å². The zero-order valence-corrected chi connectivity index (χ0v) is 13.7. The lowest BCUT2D eigenvalue weighted by Crippen LogP contribution is -2.08. The Morgan fingerprint density at radius 2 is 1.58 bits per heavy atom. The molecule has 0 atom stereocenters. The molecule has 0 heterocycles. The number of nitro benzene ring substituents is 2. The molecule has 0 bridgehead atoms. The van der Waals surface area contributed by atoms with Gasteiger partial charge in [0, 0.05) is 30.9 Å². The molecule has 24 heavy (non-hydrogen) atoms. The maximum Gasteiger partial charge on any atom is 0.283 e. The minimum absolute atomic E-state index is 0.262. The van der Waals surface area contributed by atoms with Gasteiger partial charge in [0.2, 0.25) is 0 Å². The van der Waals surface area contributed by atoms with E-state index in [-0.39, 0.29) is 16.9 Å². The summed E-state index contributed by atoms with van der Waals surface area (Å²) >= 11 is 6.21. The van der Waals surface area contributed by atoms with Crippen LogP contribution in [0.3, 0.4) is 0 Å². The molecule has 0 saturated heterocycles. The van der Waals surface area contributed by atoms with Crippen molar-refractivity contribution in [2.75, 3.05) is 19.0 Å². The average molecular weight is 348 g/mol. The van der Waals surface area contributed by atoms with Crippen LogP contribution < -0.4 is 4.90 Å². The average Bonchev–Trinajstić information content (AvgIpc) is 2.53. The van der Waals surface area contributed by atoms with E-state index in [1.807, 2.05) is 25.1 Å². The molecule has 2 aromatic carbocycles. The van der Waals surface area contributed by atoms with Crippen LogP contribution in [0.25, 0.3) is 12.2 Å². The van der Waals surface area contributed by atoms with Crippen LogP contribution in [0, 0.1) is 20.2 Å². The van der Waals surface area contributed by atoms with Crippen LogP contribution >= 0.6 is 11.6 Å². The standard InChI is InChI=1S/C16H14ClN3O4/c1-18(2)13-7-5-11(15(17)9-13)3-4-12-6-8-14(19(21)22)10-16(12)20(23)24/h3-10H,1-2H3/b4-3-. The van der Waals surface area contributed by atoms with Crippen LogP contribution in [0.5, 0.6) is 0 Å². The number of non-ortho nitro benzene ring substituents is 1. The number of nitro groups is 2. The van der Waals surface area contributed by atoms with E-state index in [1.54, 1.807) is 18.2 Å². The molecule has 0 fully saturated rings. The fourth-order valence-corrected chi connectivity index (χ4v) is 2.29. The summed E-state index contributed by atoms with van der Waals surface area (Å²) in [5.41, 5.74) is 1.22. The molecule has 0 amide bonds. The molecule has 7 nitrogen and oxygen atoms in total. The maximum atomic E-state index is 11.1. The van der Waals surface area contributed by atoms with Crippen molar-refractivity contribution in [1.82, 2.24) is 0 Å². The highest BCUT2D eigenvalue weighted by molar-refractivity contribution is 6.32. The largest absolute Gasteiger partial charge is 0.378 e. The Kier molecular flexibility index (Phi) is 5.15. The summed E-state index contributed by atoms with van der Waals surface area (Å²) in [5.74, 6) is 0. The highest BCUT2D eigenvalue weighted by Crippen LogP contribution is 2.28. The highest BCUT2D eigenvalue weighted by Gasteiger charge is 2.17. The number of nitrogens with zero attached hydrogens (tertiary/aromatic N) is 3. The van der Waals surface area contributed by atoms with Crippen molar-refractivity contribution in [3.8, 4) is 0 Å². The first kappa shape index (κ1) is 17.4. The molecule has 2 aromatic rings. The molecular formula is C16H14ClN3O4. The summed E-state index contributed by atoms with van der Waals surface area (Å²) in [6.45, 7) is 0. The Balaban J connectivity index is 2.38. The number of halogens is 1. The number of hydrogen-bond acceptors (Lipinski definition) is 5. The smallest absolute Gasteiger partial charge is 0.283 e. The van der Waals surface area contributed by atoms with Gasteiger partial charge in [-0.05, 0) is 29.8 Å². The van der Waals surface area contributed by atoms with Crippen LogP contribution in [-0.2, 0) is 0 Å². The van der Waals surface area contributed by atoms with Gasteiger partial charge in [-0.3, -0.25) is 20.2 Å². The van der Waals surface area contributed by atoms with Gasteiger partial charge in [-0.2, -0.15) is 0 Å². The minimum Gasteiger partial charge on any atom is -0.378 e. The molecule has 124 valence electrons. The van der Waals surface area contributed by atoms with Crippen LogP contribution in [0.1, 0.15) is 11.1 Å². The Labute approximate surface area is 143 Å². The molecule has 2 rings (SSSR count). The van der Waals surface area contributed by atoms with Crippen molar-refractivity contribution in [2.45, 2.75) is 0 Å². The van der Waals surface area contributed by atoms with E-state index >= 15 is 0 Å². The first-order valence-corrected chi connectivity index (χ1v) is 7.25. The molecule has 0 aliphatic rings. The van der Waals surface area contributed by atoms with Crippen molar-refractivity contribution >= 4 is 40.8 Å². The molecule has 0 radical (unpaired) electrons. The first-order chi connectivity index (χ1) is 11.3. The fraction of sp³-hybridized carbons (Fsp3) is 0.125. The summed E-state index contributed by atoms with van der Waals surface area (Å²) in [6.07, 6.45) is 3.15. The Morgan fingerprint density at radius 3 is 2.12 bits per heavy atom. The lowest BCUT2D eigenvalue weighted by Gasteiger charge is -2.13. The lowest BCUT2D eigenvalue weighted by atomic mass is 10.1. The van der Waals surface area contributed by atoms with Crippen LogP contribution in [0.15, 0.2) is 36.4 Å². The summed E-state index contributed by atoms with van der Waals surface area (Å²) in [6, 6.07) is 8.96. The monoisotopic (exact) mass is 347 g/mol. The summed E-state index contributed by atoms with van der Waals surface area (Å²) < 4.78 is 0. The van der Waals surface area contributed by atoms with Gasteiger partial charge in [-0.25, -0.2) is 0 Å². The predicted octanol–water partition coefficient (Wildman–Crippen LogP) is 4.39. The van der Waals surface area contributed by atoms with Crippen LogP contribution in [-0.4, -0.2) is 23.9 Å². The van der Waals surface area contributed by atoms with Crippen molar-refractivity contribution in [2.24, 2.45) is 0 Å². The summed E-state index contributed by atoms with van der Waals surface area (Å²) in [4.78, 5) is 22.4. The Morgan fingerprint density at radius 1 is 0.958 bits per heavy atom. The van der Waals surface area contributed by atoms with E-state index in [9.17, 15) is 20.2 Å². The molecule has 0 unspecified atom stereocenters. The number of hydrogen-bond donors (Lipinski definition) is 0. The van der Waals surface area contributed by atoms with Gasteiger partial charge in [0.15, 0.2) is 0 Å². The number of anilines is 1. The van der Waals surface area contributed by atoms with Gasteiger partial charge in [0.1, 0.15) is 0 Å². The SMILES string of the molecule is CN(C)c1ccc(/C=C\c2ccc([N+](=O)[O-])cc2[N+](=O)[O-])c(Cl)c1. The fourth-order valence-electron chi connectivity index (χ4n) is 2.05. The van der Waals surface area contributed by atoms with Gasteiger partial charge in [-0.15, -0.1) is 0 Å². The Hall–Kier alpha value is -2.93. The number of benzene rings is 2. The second-order valence-corrected chi connectivity index (χ2v) is 5.60. The molecule has 0 N–H and O–H groups in total. The molecular weight excluding hydrogens is 334 g/mol. The molecule has 0 spiro atoms. The van der Waals surface area contributed by atoms with E-state index in [4.69, 9.17) is 11.6 Å². The molecule has 8 heteroatoms. The van der Waals surface area contributed by atoms with E-state index in [1.165, 1.54) is 18.2 Å². The number of rotatable bonds is 5. The van der Waals surface area contributed by atoms with Gasteiger partial charge in [-0.1, -0.05) is 23.7 Å². The van der Waals surface area contributed by atoms with E-state index in [0.717, 1.165) is 11.8 Å². The summed E-state index contributed by atoms with van der Waals surface area (Å²) in [7, 11) is 3.78. The molecule has 0 aliphatic carbocycles. The third-order valence-corrected chi connectivity index (χ3v) is 3.69. The quantitative estimate of drug-likeness (QED) is 0.454. The second kappa shape index (κ2) is 7.10.